The molecule has 1 amide bonds. The summed E-state index contributed by atoms with van der Waals surface area (Å²) in [6.07, 6.45) is 0. The maximum atomic E-state index is 11.9. The van der Waals surface area contributed by atoms with Crippen LogP contribution in [-0.4, -0.2) is 30.3 Å². The van der Waals surface area contributed by atoms with E-state index in [-0.39, 0.29) is 18.3 Å². The second-order valence-electron chi connectivity index (χ2n) is 4.96. The van der Waals surface area contributed by atoms with Crippen molar-refractivity contribution in [1.29, 1.82) is 0 Å². The maximum absolute atomic E-state index is 11.9. The summed E-state index contributed by atoms with van der Waals surface area (Å²) in [4.78, 5) is 35.6. The topological polar surface area (TPSA) is 72.5 Å². The van der Waals surface area contributed by atoms with Crippen LogP contribution in [-0.2, 0) is 9.53 Å². The minimum Gasteiger partial charge on any atom is -0.456 e. The molecule has 1 N–H and O–H groups in total. The monoisotopic (exact) mass is 311 g/mol. The van der Waals surface area contributed by atoms with Crippen LogP contribution in [0.15, 0.2) is 60.7 Å². The zero-order chi connectivity index (χ0) is 16.7. The Labute approximate surface area is 134 Å². The van der Waals surface area contributed by atoms with Crippen molar-refractivity contribution in [1.82, 2.24) is 5.32 Å². The van der Waals surface area contributed by atoms with Gasteiger partial charge in [-0.1, -0.05) is 48.5 Å². The lowest BCUT2D eigenvalue weighted by Gasteiger charge is -2.13. The molecule has 0 spiro atoms. The number of esters is 1. The van der Waals surface area contributed by atoms with E-state index >= 15 is 0 Å². The van der Waals surface area contributed by atoms with Crippen molar-refractivity contribution in [3.8, 4) is 0 Å². The van der Waals surface area contributed by atoms with Crippen molar-refractivity contribution >= 4 is 17.7 Å². The largest absolute Gasteiger partial charge is 0.456 e. The van der Waals surface area contributed by atoms with Crippen molar-refractivity contribution in [2.45, 2.75) is 13.0 Å². The van der Waals surface area contributed by atoms with Crippen LogP contribution in [0.3, 0.4) is 0 Å². The lowest BCUT2D eigenvalue weighted by Crippen LogP contribution is -2.40. The van der Waals surface area contributed by atoms with Gasteiger partial charge in [0, 0.05) is 11.1 Å². The summed E-state index contributed by atoms with van der Waals surface area (Å²) in [5.41, 5.74) is 0.925. The van der Waals surface area contributed by atoms with Gasteiger partial charge in [0.1, 0.15) is 6.04 Å². The highest BCUT2D eigenvalue weighted by atomic mass is 16.5. The van der Waals surface area contributed by atoms with Crippen molar-refractivity contribution in [2.75, 3.05) is 6.61 Å². The van der Waals surface area contributed by atoms with Crippen LogP contribution in [0.5, 0.6) is 0 Å². The summed E-state index contributed by atoms with van der Waals surface area (Å²) >= 11 is 0. The molecule has 0 radical (unpaired) electrons. The Morgan fingerprint density at radius 2 is 1.43 bits per heavy atom. The van der Waals surface area contributed by atoms with Crippen LogP contribution < -0.4 is 5.32 Å². The van der Waals surface area contributed by atoms with Gasteiger partial charge in [0.05, 0.1) is 0 Å². The van der Waals surface area contributed by atoms with Crippen LogP contribution >= 0.6 is 0 Å². The number of benzene rings is 2. The van der Waals surface area contributed by atoms with Crippen LogP contribution in [0, 0.1) is 0 Å². The minimum atomic E-state index is -0.841. The fraction of sp³-hybridized carbons (Fsp3) is 0.167. The van der Waals surface area contributed by atoms with E-state index in [1.165, 1.54) is 6.92 Å². The number of ketones is 1. The number of amides is 1. The first-order chi connectivity index (χ1) is 11.1. The first kappa shape index (κ1) is 16.4. The van der Waals surface area contributed by atoms with E-state index in [1.807, 2.05) is 0 Å². The van der Waals surface area contributed by atoms with Crippen molar-refractivity contribution < 1.29 is 19.1 Å². The second kappa shape index (κ2) is 7.89. The number of rotatable bonds is 6. The summed E-state index contributed by atoms with van der Waals surface area (Å²) in [5.74, 6) is -1.32. The van der Waals surface area contributed by atoms with Crippen LogP contribution in [0.25, 0.3) is 0 Å². The minimum absolute atomic E-state index is 0.291. The molecule has 118 valence electrons. The molecular weight excluding hydrogens is 294 g/mol. The molecule has 5 nitrogen and oxygen atoms in total. The lowest BCUT2D eigenvalue weighted by molar-refractivity contribution is -0.144. The van der Waals surface area contributed by atoms with Crippen molar-refractivity contribution in [2.24, 2.45) is 0 Å². The number of hydrogen-bond donors (Lipinski definition) is 1. The van der Waals surface area contributed by atoms with E-state index in [0.29, 0.717) is 11.1 Å². The number of Topliss-reactive ketones (excluding diaryl/α,β-unsaturated/α-hetero) is 1. The quantitative estimate of drug-likeness (QED) is 0.656. The highest BCUT2D eigenvalue weighted by Gasteiger charge is 2.19. The molecule has 0 saturated heterocycles. The molecule has 0 aliphatic carbocycles. The predicted octanol–water partition coefficient (Wildman–Crippen LogP) is 2.23. The highest BCUT2D eigenvalue weighted by Crippen LogP contribution is 2.02. The number of carbonyl (C=O) groups excluding carboxylic acids is 3. The number of hydrogen-bond acceptors (Lipinski definition) is 4. The van der Waals surface area contributed by atoms with E-state index in [1.54, 1.807) is 60.7 Å². The Morgan fingerprint density at radius 1 is 0.913 bits per heavy atom. The third-order valence-corrected chi connectivity index (χ3v) is 3.18. The molecule has 2 rings (SSSR count). The Hall–Kier alpha value is -2.95. The standard InChI is InChI=1S/C18H17NO4/c1-13(19-17(21)15-10-6-3-7-11-15)18(22)23-12-16(20)14-8-4-2-5-9-14/h2-11,13H,12H2,1H3,(H,19,21)/t13-/m0/s1. The first-order valence-corrected chi connectivity index (χ1v) is 7.18. The van der Waals surface area contributed by atoms with Crippen molar-refractivity contribution in [3.05, 3.63) is 71.8 Å². The lowest BCUT2D eigenvalue weighted by atomic mass is 10.1. The molecule has 5 heteroatoms. The van der Waals surface area contributed by atoms with E-state index in [2.05, 4.69) is 5.32 Å². The van der Waals surface area contributed by atoms with E-state index in [9.17, 15) is 14.4 Å². The zero-order valence-corrected chi connectivity index (χ0v) is 12.7. The van der Waals surface area contributed by atoms with Gasteiger partial charge in [0.25, 0.3) is 5.91 Å². The zero-order valence-electron chi connectivity index (χ0n) is 12.7. The molecule has 0 bridgehead atoms. The van der Waals surface area contributed by atoms with Gasteiger partial charge in [-0.05, 0) is 19.1 Å². The van der Waals surface area contributed by atoms with Gasteiger partial charge >= 0.3 is 5.97 Å². The number of carbonyl (C=O) groups is 3. The average molecular weight is 311 g/mol. The molecule has 0 saturated carbocycles. The van der Waals surface area contributed by atoms with Gasteiger partial charge in [-0.2, -0.15) is 0 Å². The summed E-state index contributed by atoms with van der Waals surface area (Å²) in [7, 11) is 0. The summed E-state index contributed by atoms with van der Waals surface area (Å²) < 4.78 is 4.95. The van der Waals surface area contributed by atoms with Gasteiger partial charge in [-0.25, -0.2) is 4.79 Å². The maximum Gasteiger partial charge on any atom is 0.328 e. The molecule has 1 atom stereocenters. The molecule has 0 unspecified atom stereocenters. The number of nitrogens with one attached hydrogen (secondary N) is 1. The second-order valence-corrected chi connectivity index (χ2v) is 4.96. The normalized spacial score (nSPS) is 11.3. The third-order valence-electron chi connectivity index (χ3n) is 3.18. The molecule has 2 aromatic carbocycles. The van der Waals surface area contributed by atoms with Gasteiger partial charge < -0.3 is 10.1 Å². The predicted molar refractivity (Wildman–Crippen MR) is 85.1 cm³/mol. The van der Waals surface area contributed by atoms with E-state index in [0.717, 1.165) is 0 Å². The Morgan fingerprint density at radius 3 is 2.00 bits per heavy atom. The third kappa shape index (κ3) is 4.78. The Balaban J connectivity index is 1.83. The number of ether oxygens (including phenoxy) is 1. The van der Waals surface area contributed by atoms with Crippen LogP contribution in [0.2, 0.25) is 0 Å². The molecule has 0 aliphatic heterocycles. The van der Waals surface area contributed by atoms with Gasteiger partial charge in [0.2, 0.25) is 0 Å². The fourth-order valence-electron chi connectivity index (χ4n) is 1.90. The van der Waals surface area contributed by atoms with Gasteiger partial charge in [-0.15, -0.1) is 0 Å². The highest BCUT2D eigenvalue weighted by molar-refractivity contribution is 5.99. The molecule has 0 heterocycles. The summed E-state index contributed by atoms with van der Waals surface area (Å²) in [6.45, 7) is 1.16. The average Bonchev–Trinajstić information content (AvgIpc) is 2.60. The fourth-order valence-corrected chi connectivity index (χ4v) is 1.90. The molecule has 2 aromatic rings. The SMILES string of the molecule is C[C@H](NC(=O)c1ccccc1)C(=O)OCC(=O)c1ccccc1. The molecule has 0 aromatic heterocycles. The summed E-state index contributed by atoms with van der Waals surface area (Å²) in [6, 6.07) is 16.3. The molecule has 0 aliphatic rings. The van der Waals surface area contributed by atoms with Gasteiger partial charge in [-0.3, -0.25) is 9.59 Å². The van der Waals surface area contributed by atoms with E-state index < -0.39 is 12.0 Å². The Kier molecular flexibility index (Phi) is 5.63. The van der Waals surface area contributed by atoms with Crippen LogP contribution in [0.1, 0.15) is 27.6 Å². The van der Waals surface area contributed by atoms with Crippen molar-refractivity contribution in [3.63, 3.8) is 0 Å². The first-order valence-electron chi connectivity index (χ1n) is 7.18. The smallest absolute Gasteiger partial charge is 0.328 e. The van der Waals surface area contributed by atoms with E-state index in [4.69, 9.17) is 4.74 Å². The molecular formula is C18H17NO4. The Bertz CT molecular complexity index is 683. The molecule has 0 fully saturated rings. The molecule has 23 heavy (non-hydrogen) atoms. The summed E-state index contributed by atoms with van der Waals surface area (Å²) in [5, 5.41) is 2.53. The van der Waals surface area contributed by atoms with Crippen LogP contribution in [0.4, 0.5) is 0 Å². The van der Waals surface area contributed by atoms with Gasteiger partial charge in [0.15, 0.2) is 12.4 Å².